The number of hydrogen-bond acceptors (Lipinski definition) is 3. The van der Waals surface area contributed by atoms with Gasteiger partial charge in [-0.15, -0.1) is 0 Å². The molecule has 5 heteroatoms. The molecule has 5 nitrogen and oxygen atoms in total. The Morgan fingerprint density at radius 2 is 1.80 bits per heavy atom. The van der Waals surface area contributed by atoms with Crippen LogP contribution in [0.2, 0.25) is 0 Å². The standard InChI is InChI=1S/C25H26N2O3/c1-17(2)14-24(28)26-21-10-8-18(9-11-21)23-15-20-16-27(13-12-22(20)30-23)25(29)19-6-4-3-5-7-19/h3-11,15,17H,12-14,16H2,1-2H3,(H,26,28). The summed E-state index contributed by atoms with van der Waals surface area (Å²) in [5.41, 5.74) is 3.49. The van der Waals surface area contributed by atoms with Crippen LogP contribution in [0.15, 0.2) is 65.1 Å². The highest BCUT2D eigenvalue weighted by atomic mass is 16.3. The summed E-state index contributed by atoms with van der Waals surface area (Å²) in [7, 11) is 0. The van der Waals surface area contributed by atoms with Gasteiger partial charge < -0.3 is 14.6 Å². The van der Waals surface area contributed by atoms with Crippen molar-refractivity contribution in [3.8, 4) is 11.3 Å². The van der Waals surface area contributed by atoms with Crippen LogP contribution in [0.4, 0.5) is 5.69 Å². The second-order valence-electron chi connectivity index (χ2n) is 8.13. The molecule has 154 valence electrons. The highest BCUT2D eigenvalue weighted by Crippen LogP contribution is 2.30. The molecule has 1 aromatic heterocycles. The summed E-state index contributed by atoms with van der Waals surface area (Å²) in [6.45, 7) is 5.25. The Bertz CT molecular complexity index is 1040. The van der Waals surface area contributed by atoms with Gasteiger partial charge in [-0.05, 0) is 48.4 Å². The van der Waals surface area contributed by atoms with Gasteiger partial charge in [-0.3, -0.25) is 9.59 Å². The van der Waals surface area contributed by atoms with Gasteiger partial charge in [-0.2, -0.15) is 0 Å². The van der Waals surface area contributed by atoms with E-state index < -0.39 is 0 Å². The quantitative estimate of drug-likeness (QED) is 0.643. The fourth-order valence-corrected chi connectivity index (χ4v) is 3.71. The Hall–Kier alpha value is -3.34. The maximum Gasteiger partial charge on any atom is 0.254 e. The minimum atomic E-state index is 0.0226. The van der Waals surface area contributed by atoms with Crippen LogP contribution in [0.5, 0.6) is 0 Å². The summed E-state index contributed by atoms with van der Waals surface area (Å²) in [4.78, 5) is 26.5. The molecule has 3 aromatic rings. The predicted molar refractivity (Wildman–Crippen MR) is 117 cm³/mol. The highest BCUT2D eigenvalue weighted by molar-refractivity contribution is 5.94. The molecule has 2 aromatic carbocycles. The number of hydrogen-bond donors (Lipinski definition) is 1. The van der Waals surface area contributed by atoms with E-state index in [9.17, 15) is 9.59 Å². The van der Waals surface area contributed by atoms with Gasteiger partial charge in [-0.25, -0.2) is 0 Å². The molecule has 0 saturated heterocycles. The molecule has 30 heavy (non-hydrogen) atoms. The number of anilines is 1. The van der Waals surface area contributed by atoms with Gasteiger partial charge in [0.15, 0.2) is 0 Å². The van der Waals surface area contributed by atoms with Gasteiger partial charge in [0.25, 0.3) is 5.91 Å². The second kappa shape index (κ2) is 8.57. The van der Waals surface area contributed by atoms with Crippen molar-refractivity contribution in [2.45, 2.75) is 33.2 Å². The van der Waals surface area contributed by atoms with Gasteiger partial charge in [0.05, 0.1) is 0 Å². The Morgan fingerprint density at radius 3 is 2.50 bits per heavy atom. The molecular weight excluding hydrogens is 376 g/mol. The monoisotopic (exact) mass is 402 g/mol. The van der Waals surface area contributed by atoms with Crippen molar-refractivity contribution in [3.63, 3.8) is 0 Å². The third-order valence-electron chi connectivity index (χ3n) is 5.22. The minimum Gasteiger partial charge on any atom is -0.461 e. The zero-order valence-corrected chi connectivity index (χ0v) is 17.4. The maximum absolute atomic E-state index is 12.7. The average molecular weight is 402 g/mol. The maximum atomic E-state index is 12.7. The van der Waals surface area contributed by atoms with Gasteiger partial charge in [0.1, 0.15) is 11.5 Å². The van der Waals surface area contributed by atoms with Crippen LogP contribution >= 0.6 is 0 Å². The molecular formula is C25H26N2O3. The number of furan rings is 1. The molecule has 0 fully saturated rings. The number of nitrogens with one attached hydrogen (secondary N) is 1. The molecule has 4 rings (SSSR count). The van der Waals surface area contributed by atoms with Gasteiger partial charge in [0.2, 0.25) is 5.91 Å². The van der Waals surface area contributed by atoms with Crippen LogP contribution in [0.3, 0.4) is 0 Å². The smallest absolute Gasteiger partial charge is 0.254 e. The van der Waals surface area contributed by atoms with Crippen molar-refractivity contribution >= 4 is 17.5 Å². The summed E-state index contributed by atoms with van der Waals surface area (Å²) in [6, 6.07) is 19.1. The topological polar surface area (TPSA) is 62.6 Å². The van der Waals surface area contributed by atoms with Crippen molar-refractivity contribution in [1.82, 2.24) is 4.90 Å². The zero-order valence-electron chi connectivity index (χ0n) is 17.4. The van der Waals surface area contributed by atoms with Crippen LogP contribution in [0.25, 0.3) is 11.3 Å². The first kappa shape index (κ1) is 20.0. The van der Waals surface area contributed by atoms with E-state index in [2.05, 4.69) is 5.32 Å². The third-order valence-corrected chi connectivity index (χ3v) is 5.22. The molecule has 1 N–H and O–H groups in total. The molecule has 1 aliphatic rings. The van der Waals surface area contributed by atoms with E-state index in [0.29, 0.717) is 37.4 Å². The van der Waals surface area contributed by atoms with Crippen molar-refractivity contribution in [2.75, 3.05) is 11.9 Å². The van der Waals surface area contributed by atoms with E-state index in [-0.39, 0.29) is 11.8 Å². The van der Waals surface area contributed by atoms with Gasteiger partial charge >= 0.3 is 0 Å². The van der Waals surface area contributed by atoms with Crippen LogP contribution in [0, 0.1) is 5.92 Å². The van der Waals surface area contributed by atoms with Crippen molar-refractivity contribution < 1.29 is 14.0 Å². The first-order chi connectivity index (χ1) is 14.5. The zero-order chi connectivity index (χ0) is 21.1. The molecule has 2 heterocycles. The Labute approximate surface area is 176 Å². The van der Waals surface area contributed by atoms with Crippen LogP contribution < -0.4 is 5.32 Å². The Kier molecular flexibility index (Phi) is 5.70. The van der Waals surface area contributed by atoms with Gasteiger partial charge in [-0.1, -0.05) is 32.0 Å². The minimum absolute atomic E-state index is 0.0226. The van der Waals surface area contributed by atoms with Gasteiger partial charge in [0, 0.05) is 48.3 Å². The summed E-state index contributed by atoms with van der Waals surface area (Å²) < 4.78 is 6.07. The lowest BCUT2D eigenvalue weighted by molar-refractivity contribution is -0.116. The average Bonchev–Trinajstić information content (AvgIpc) is 3.17. The van der Waals surface area contributed by atoms with E-state index in [1.807, 2.05) is 79.4 Å². The third kappa shape index (κ3) is 4.46. The number of fused-ring (bicyclic) bond motifs is 1. The molecule has 0 spiro atoms. The summed E-state index contributed by atoms with van der Waals surface area (Å²) in [5, 5.41) is 2.92. The Morgan fingerprint density at radius 1 is 1.07 bits per heavy atom. The second-order valence-corrected chi connectivity index (χ2v) is 8.13. The SMILES string of the molecule is CC(C)CC(=O)Nc1ccc(-c2cc3c(o2)CCN(C(=O)c2ccccc2)C3)cc1. The fourth-order valence-electron chi connectivity index (χ4n) is 3.71. The molecule has 0 saturated carbocycles. The number of carbonyl (C=O) groups excluding carboxylic acids is 2. The fraction of sp³-hybridized carbons (Fsp3) is 0.280. The lowest BCUT2D eigenvalue weighted by Gasteiger charge is -2.26. The molecule has 0 unspecified atom stereocenters. The number of nitrogens with zero attached hydrogens (tertiary/aromatic N) is 1. The van der Waals surface area contributed by atoms with Crippen LogP contribution in [0.1, 0.15) is 41.9 Å². The number of carbonyl (C=O) groups is 2. The molecule has 0 atom stereocenters. The van der Waals surface area contributed by atoms with Crippen molar-refractivity contribution in [3.05, 3.63) is 77.6 Å². The first-order valence-electron chi connectivity index (χ1n) is 10.4. The molecule has 0 radical (unpaired) electrons. The number of amides is 2. The van der Waals surface area contributed by atoms with Crippen molar-refractivity contribution in [1.29, 1.82) is 0 Å². The normalized spacial score (nSPS) is 13.2. The summed E-state index contributed by atoms with van der Waals surface area (Å²) >= 11 is 0. The molecule has 1 aliphatic heterocycles. The predicted octanol–water partition coefficient (Wildman–Crippen LogP) is 5.13. The van der Waals surface area contributed by atoms with E-state index in [0.717, 1.165) is 28.3 Å². The van der Waals surface area contributed by atoms with E-state index in [4.69, 9.17) is 4.42 Å². The number of rotatable bonds is 5. The number of benzene rings is 2. The molecule has 0 bridgehead atoms. The summed E-state index contributed by atoms with van der Waals surface area (Å²) in [6.07, 6.45) is 1.21. The van der Waals surface area contributed by atoms with Crippen LogP contribution in [-0.4, -0.2) is 23.3 Å². The lowest BCUT2D eigenvalue weighted by Crippen LogP contribution is -2.35. The van der Waals surface area contributed by atoms with E-state index >= 15 is 0 Å². The summed E-state index contributed by atoms with van der Waals surface area (Å²) in [5.74, 6) is 2.12. The first-order valence-corrected chi connectivity index (χ1v) is 10.4. The van der Waals surface area contributed by atoms with Crippen molar-refractivity contribution in [2.24, 2.45) is 5.92 Å². The molecule has 0 aliphatic carbocycles. The lowest BCUT2D eigenvalue weighted by atomic mass is 10.1. The molecule has 2 amide bonds. The van der Waals surface area contributed by atoms with E-state index in [1.54, 1.807) is 0 Å². The largest absolute Gasteiger partial charge is 0.461 e. The Balaban J connectivity index is 1.45. The van der Waals surface area contributed by atoms with E-state index in [1.165, 1.54) is 0 Å². The van der Waals surface area contributed by atoms with Crippen LogP contribution in [-0.2, 0) is 17.8 Å². The highest BCUT2D eigenvalue weighted by Gasteiger charge is 2.25.